The van der Waals surface area contributed by atoms with Crippen LogP contribution in [0.15, 0.2) is 46.9 Å². The Kier molecular flexibility index (Phi) is 6.60. The third kappa shape index (κ3) is 5.04. The van der Waals surface area contributed by atoms with Gasteiger partial charge in [0.2, 0.25) is 0 Å². The molecule has 0 radical (unpaired) electrons. The number of halogens is 1. The van der Waals surface area contributed by atoms with E-state index in [1.54, 1.807) is 11.3 Å². The molecule has 3 aromatic rings. The first kappa shape index (κ1) is 20.5. The third-order valence-corrected chi connectivity index (χ3v) is 6.57. The van der Waals surface area contributed by atoms with E-state index in [0.29, 0.717) is 12.1 Å². The van der Waals surface area contributed by atoms with Crippen LogP contribution in [0.25, 0.3) is 10.2 Å². The lowest BCUT2D eigenvalue weighted by atomic mass is 10.2. The quantitative estimate of drug-likeness (QED) is 0.518. The van der Waals surface area contributed by atoms with E-state index in [-0.39, 0.29) is 5.91 Å². The predicted molar refractivity (Wildman–Crippen MR) is 122 cm³/mol. The molecule has 1 saturated heterocycles. The Bertz CT molecular complexity index is 1000. The van der Waals surface area contributed by atoms with E-state index in [2.05, 4.69) is 39.9 Å². The largest absolute Gasteiger partial charge is 0.379 e. The number of aromatic nitrogens is 1. The first-order valence-corrected chi connectivity index (χ1v) is 11.5. The Morgan fingerprint density at radius 1 is 1.24 bits per heavy atom. The van der Waals surface area contributed by atoms with Crippen molar-refractivity contribution in [3.05, 3.63) is 58.1 Å². The van der Waals surface area contributed by atoms with E-state index < -0.39 is 0 Å². The van der Waals surface area contributed by atoms with Gasteiger partial charge in [-0.15, -0.1) is 0 Å². The number of nitrogens with zero attached hydrogens (tertiary/aromatic N) is 3. The highest BCUT2D eigenvalue weighted by atomic mass is 79.9. The second-order valence-electron chi connectivity index (χ2n) is 7.24. The molecular formula is C22H24BrN3O2S. The molecule has 1 aromatic heterocycles. The van der Waals surface area contributed by atoms with Crippen LogP contribution in [0.4, 0.5) is 5.13 Å². The average Bonchev–Trinajstić information content (AvgIpc) is 3.14. The molecule has 4 rings (SSSR count). The molecule has 5 nitrogen and oxygen atoms in total. The number of aryl methyl sites for hydroxylation is 1. The van der Waals surface area contributed by atoms with E-state index in [4.69, 9.17) is 9.72 Å². The van der Waals surface area contributed by atoms with Crippen molar-refractivity contribution in [2.45, 2.75) is 13.3 Å². The van der Waals surface area contributed by atoms with E-state index in [9.17, 15) is 4.79 Å². The molecule has 7 heteroatoms. The molecule has 1 aliphatic heterocycles. The maximum absolute atomic E-state index is 13.4. The molecule has 0 aliphatic carbocycles. The Balaban J connectivity index is 1.57. The molecule has 2 aromatic carbocycles. The summed E-state index contributed by atoms with van der Waals surface area (Å²) in [4.78, 5) is 22.4. The average molecular weight is 474 g/mol. The monoisotopic (exact) mass is 473 g/mol. The molecule has 0 atom stereocenters. The van der Waals surface area contributed by atoms with Gasteiger partial charge in [-0.25, -0.2) is 4.98 Å². The predicted octanol–water partition coefficient (Wildman–Crippen LogP) is 4.74. The van der Waals surface area contributed by atoms with Gasteiger partial charge >= 0.3 is 0 Å². The minimum absolute atomic E-state index is 0.0101. The van der Waals surface area contributed by atoms with Gasteiger partial charge in [0.05, 0.1) is 23.4 Å². The van der Waals surface area contributed by atoms with Gasteiger partial charge < -0.3 is 4.74 Å². The van der Waals surface area contributed by atoms with Crippen molar-refractivity contribution in [1.82, 2.24) is 9.88 Å². The van der Waals surface area contributed by atoms with E-state index in [0.717, 1.165) is 59.1 Å². The number of anilines is 1. The molecular weight excluding hydrogens is 450 g/mol. The number of carbonyl (C=O) groups excluding carboxylic acids is 1. The van der Waals surface area contributed by atoms with Crippen molar-refractivity contribution in [1.29, 1.82) is 0 Å². The minimum Gasteiger partial charge on any atom is -0.379 e. The fourth-order valence-corrected chi connectivity index (χ4v) is 4.96. The molecule has 1 aliphatic rings. The zero-order chi connectivity index (χ0) is 20.2. The lowest BCUT2D eigenvalue weighted by Crippen LogP contribution is -2.39. The topological polar surface area (TPSA) is 45.7 Å². The molecule has 1 amide bonds. The van der Waals surface area contributed by atoms with Gasteiger partial charge in [-0.1, -0.05) is 39.4 Å². The summed E-state index contributed by atoms with van der Waals surface area (Å²) in [6.07, 6.45) is 0.898. The summed E-state index contributed by atoms with van der Waals surface area (Å²) in [5.74, 6) is -0.0101. The van der Waals surface area contributed by atoms with Crippen LogP contribution >= 0.6 is 27.3 Å². The zero-order valence-electron chi connectivity index (χ0n) is 16.4. The lowest BCUT2D eigenvalue weighted by Gasteiger charge is -2.27. The van der Waals surface area contributed by atoms with Crippen LogP contribution in [-0.2, 0) is 4.74 Å². The summed E-state index contributed by atoms with van der Waals surface area (Å²) >= 11 is 5.06. The van der Waals surface area contributed by atoms with Gasteiger partial charge in [0.1, 0.15) is 0 Å². The smallest absolute Gasteiger partial charge is 0.260 e. The Labute approximate surface area is 183 Å². The number of hydrogen-bond acceptors (Lipinski definition) is 5. The number of amides is 1. The molecule has 0 unspecified atom stereocenters. The standard InChI is InChI=1S/C22H24BrN3O2S/c1-16-6-7-19-20(14-16)29-22(24-19)26(9-3-8-25-10-12-28-13-11-25)21(27)17-4-2-5-18(23)15-17/h2,4-7,14-15H,3,8-13H2,1H3. The van der Waals surface area contributed by atoms with Crippen molar-refractivity contribution in [3.63, 3.8) is 0 Å². The molecule has 0 N–H and O–H groups in total. The summed E-state index contributed by atoms with van der Waals surface area (Å²) in [6, 6.07) is 13.8. The van der Waals surface area contributed by atoms with Crippen molar-refractivity contribution in [3.8, 4) is 0 Å². The number of morpholine rings is 1. The maximum atomic E-state index is 13.4. The van der Waals surface area contributed by atoms with Crippen molar-refractivity contribution >= 4 is 48.5 Å². The number of hydrogen-bond donors (Lipinski definition) is 0. The van der Waals surface area contributed by atoms with Crippen molar-refractivity contribution in [2.75, 3.05) is 44.3 Å². The molecule has 0 saturated carbocycles. The highest BCUT2D eigenvalue weighted by Gasteiger charge is 2.22. The SMILES string of the molecule is Cc1ccc2nc(N(CCCN3CCOCC3)C(=O)c3cccc(Br)c3)sc2c1. The Hall–Kier alpha value is -1.80. The minimum atomic E-state index is -0.0101. The molecule has 0 bridgehead atoms. The highest BCUT2D eigenvalue weighted by Crippen LogP contribution is 2.31. The number of rotatable bonds is 6. The van der Waals surface area contributed by atoms with Crippen molar-refractivity contribution in [2.24, 2.45) is 0 Å². The first-order valence-electron chi connectivity index (χ1n) is 9.85. The van der Waals surface area contributed by atoms with Gasteiger partial charge in [-0.05, 0) is 49.2 Å². The van der Waals surface area contributed by atoms with E-state index in [1.807, 2.05) is 35.2 Å². The Morgan fingerprint density at radius 3 is 2.86 bits per heavy atom. The van der Waals surface area contributed by atoms with Crippen LogP contribution in [0.3, 0.4) is 0 Å². The fraction of sp³-hybridized carbons (Fsp3) is 0.364. The lowest BCUT2D eigenvalue weighted by molar-refractivity contribution is 0.0376. The van der Waals surface area contributed by atoms with Crippen LogP contribution < -0.4 is 4.90 Å². The molecule has 29 heavy (non-hydrogen) atoms. The van der Waals surface area contributed by atoms with Crippen LogP contribution in [0.5, 0.6) is 0 Å². The summed E-state index contributed by atoms with van der Waals surface area (Å²) in [5, 5.41) is 0.762. The number of ether oxygens (including phenoxy) is 1. The number of carbonyl (C=O) groups is 1. The molecule has 0 spiro atoms. The van der Waals surface area contributed by atoms with Crippen LogP contribution in [0, 0.1) is 6.92 Å². The second kappa shape index (κ2) is 9.34. The van der Waals surface area contributed by atoms with Crippen LogP contribution in [0.1, 0.15) is 22.3 Å². The van der Waals surface area contributed by atoms with Crippen LogP contribution in [0.2, 0.25) is 0 Å². The van der Waals surface area contributed by atoms with Gasteiger partial charge in [0.25, 0.3) is 5.91 Å². The summed E-state index contributed by atoms with van der Waals surface area (Å²) < 4.78 is 7.44. The Morgan fingerprint density at radius 2 is 2.07 bits per heavy atom. The summed E-state index contributed by atoms with van der Waals surface area (Å²) in [5.41, 5.74) is 2.81. The van der Waals surface area contributed by atoms with E-state index >= 15 is 0 Å². The third-order valence-electron chi connectivity index (χ3n) is 5.04. The highest BCUT2D eigenvalue weighted by molar-refractivity contribution is 9.10. The number of thiazole rings is 1. The molecule has 1 fully saturated rings. The molecule has 152 valence electrons. The van der Waals surface area contributed by atoms with Gasteiger partial charge in [-0.3, -0.25) is 14.6 Å². The zero-order valence-corrected chi connectivity index (χ0v) is 18.8. The second-order valence-corrected chi connectivity index (χ2v) is 9.17. The van der Waals surface area contributed by atoms with Gasteiger partial charge in [-0.2, -0.15) is 0 Å². The number of benzene rings is 2. The van der Waals surface area contributed by atoms with Gasteiger partial charge in [0, 0.05) is 36.2 Å². The van der Waals surface area contributed by atoms with E-state index in [1.165, 1.54) is 5.56 Å². The maximum Gasteiger partial charge on any atom is 0.260 e. The fourth-order valence-electron chi connectivity index (χ4n) is 3.47. The molecule has 2 heterocycles. The summed E-state index contributed by atoms with van der Waals surface area (Å²) in [6.45, 7) is 7.17. The van der Waals surface area contributed by atoms with Crippen molar-refractivity contribution < 1.29 is 9.53 Å². The first-order chi connectivity index (χ1) is 14.1. The number of fused-ring (bicyclic) bond motifs is 1. The van der Waals surface area contributed by atoms with Crippen LogP contribution in [-0.4, -0.2) is 55.2 Å². The van der Waals surface area contributed by atoms with Gasteiger partial charge in [0.15, 0.2) is 5.13 Å². The normalized spacial score (nSPS) is 15.0. The summed E-state index contributed by atoms with van der Waals surface area (Å²) in [7, 11) is 0.